The van der Waals surface area contributed by atoms with Gasteiger partial charge in [0.1, 0.15) is 17.4 Å². The number of hydrogen-bond donors (Lipinski definition) is 2. The zero-order valence-electron chi connectivity index (χ0n) is 12.3. The standard InChI is InChI=1S/C18H16BrNO3/c19-14-7-3-2-6-13(14)18(22)20-10-9-15(21)17-11-12-5-1-4-8-16(12)23-17/h1-8,11,15,21H,9-10H2,(H,20,22). The Hall–Kier alpha value is -2.11. The molecular formula is C18H16BrNO3. The van der Waals surface area contributed by atoms with E-state index in [1.165, 1.54) is 0 Å². The number of rotatable bonds is 5. The molecule has 23 heavy (non-hydrogen) atoms. The third kappa shape index (κ3) is 3.63. The SMILES string of the molecule is O=C(NCCC(O)c1cc2ccccc2o1)c1ccccc1Br. The predicted octanol–water partition coefficient (Wildman–Crippen LogP) is 4.05. The van der Waals surface area contributed by atoms with E-state index < -0.39 is 6.10 Å². The van der Waals surface area contributed by atoms with E-state index in [0.29, 0.717) is 24.3 Å². The van der Waals surface area contributed by atoms with Gasteiger partial charge in [0.05, 0.1) is 5.56 Å². The smallest absolute Gasteiger partial charge is 0.252 e. The summed E-state index contributed by atoms with van der Waals surface area (Å²) in [6.45, 7) is 0.360. The first-order chi connectivity index (χ1) is 11.1. The van der Waals surface area contributed by atoms with E-state index in [2.05, 4.69) is 21.2 Å². The van der Waals surface area contributed by atoms with Gasteiger partial charge in [0, 0.05) is 16.4 Å². The van der Waals surface area contributed by atoms with Crippen molar-refractivity contribution in [2.45, 2.75) is 12.5 Å². The van der Waals surface area contributed by atoms with Gasteiger partial charge in [-0.2, -0.15) is 0 Å². The van der Waals surface area contributed by atoms with Crippen molar-refractivity contribution in [3.05, 3.63) is 70.4 Å². The van der Waals surface area contributed by atoms with E-state index in [1.807, 2.05) is 48.5 Å². The second kappa shape index (κ2) is 6.98. The molecule has 4 nitrogen and oxygen atoms in total. The Morgan fingerprint density at radius 3 is 2.70 bits per heavy atom. The summed E-state index contributed by atoms with van der Waals surface area (Å²) in [5.41, 5.74) is 1.32. The molecule has 0 saturated heterocycles. The molecule has 0 aliphatic rings. The normalized spacial score (nSPS) is 12.3. The molecule has 118 valence electrons. The number of aliphatic hydroxyl groups is 1. The quantitative estimate of drug-likeness (QED) is 0.708. The molecule has 0 spiro atoms. The first-order valence-corrected chi connectivity index (χ1v) is 8.14. The number of nitrogens with one attached hydrogen (secondary N) is 1. The van der Waals surface area contributed by atoms with Gasteiger partial charge in [-0.1, -0.05) is 30.3 Å². The Kier molecular flexibility index (Phi) is 4.79. The second-order valence-corrected chi connectivity index (χ2v) is 6.08. The average Bonchev–Trinajstić information content (AvgIpc) is 2.99. The number of furan rings is 1. The van der Waals surface area contributed by atoms with Gasteiger partial charge in [0.15, 0.2) is 0 Å². The average molecular weight is 374 g/mol. The van der Waals surface area contributed by atoms with Crippen LogP contribution in [0.5, 0.6) is 0 Å². The number of benzene rings is 2. The molecule has 1 amide bonds. The van der Waals surface area contributed by atoms with Crippen molar-refractivity contribution in [2.24, 2.45) is 0 Å². The molecule has 0 aliphatic heterocycles. The number of para-hydroxylation sites is 1. The molecule has 0 bridgehead atoms. The van der Waals surface area contributed by atoms with Crippen LogP contribution in [0.15, 0.2) is 63.5 Å². The minimum atomic E-state index is -0.748. The summed E-state index contributed by atoms with van der Waals surface area (Å²) in [6, 6.07) is 16.7. The molecule has 3 rings (SSSR count). The van der Waals surface area contributed by atoms with Crippen molar-refractivity contribution in [1.82, 2.24) is 5.32 Å². The number of amides is 1. The van der Waals surface area contributed by atoms with Gasteiger partial charge in [-0.05, 0) is 46.6 Å². The van der Waals surface area contributed by atoms with Crippen LogP contribution in [0.2, 0.25) is 0 Å². The van der Waals surface area contributed by atoms with Gasteiger partial charge in [-0.3, -0.25) is 4.79 Å². The largest absolute Gasteiger partial charge is 0.458 e. The third-order valence-corrected chi connectivity index (χ3v) is 4.29. The van der Waals surface area contributed by atoms with Crippen LogP contribution in [0, 0.1) is 0 Å². The molecule has 3 aromatic rings. The summed E-state index contributed by atoms with van der Waals surface area (Å²) in [6.07, 6.45) is -0.363. The maximum absolute atomic E-state index is 12.1. The molecule has 1 atom stereocenters. The fourth-order valence-electron chi connectivity index (χ4n) is 2.37. The monoisotopic (exact) mass is 373 g/mol. The van der Waals surface area contributed by atoms with E-state index in [9.17, 15) is 9.90 Å². The maximum atomic E-state index is 12.1. The highest BCUT2D eigenvalue weighted by Crippen LogP contribution is 2.25. The molecule has 0 fully saturated rings. The van der Waals surface area contributed by atoms with Crippen LogP contribution >= 0.6 is 15.9 Å². The number of fused-ring (bicyclic) bond motifs is 1. The number of carbonyl (C=O) groups excluding carboxylic acids is 1. The maximum Gasteiger partial charge on any atom is 0.252 e. The van der Waals surface area contributed by atoms with Crippen molar-refractivity contribution in [1.29, 1.82) is 0 Å². The Balaban J connectivity index is 1.58. The Morgan fingerprint density at radius 1 is 1.17 bits per heavy atom. The first kappa shape index (κ1) is 15.8. The summed E-state index contributed by atoms with van der Waals surface area (Å²) in [5.74, 6) is 0.343. The molecule has 1 unspecified atom stereocenters. The van der Waals surface area contributed by atoms with E-state index in [4.69, 9.17) is 4.42 Å². The summed E-state index contributed by atoms with van der Waals surface area (Å²) >= 11 is 3.35. The van der Waals surface area contributed by atoms with Gasteiger partial charge in [-0.25, -0.2) is 0 Å². The van der Waals surface area contributed by atoms with E-state index >= 15 is 0 Å². The summed E-state index contributed by atoms with van der Waals surface area (Å²) in [5, 5.41) is 14.0. The molecule has 0 radical (unpaired) electrons. The second-order valence-electron chi connectivity index (χ2n) is 5.23. The van der Waals surface area contributed by atoms with Crippen molar-refractivity contribution < 1.29 is 14.3 Å². The van der Waals surface area contributed by atoms with Crippen LogP contribution in [-0.2, 0) is 0 Å². The van der Waals surface area contributed by atoms with E-state index in [-0.39, 0.29) is 5.91 Å². The fourth-order valence-corrected chi connectivity index (χ4v) is 2.84. The van der Waals surface area contributed by atoms with Gasteiger partial charge >= 0.3 is 0 Å². The van der Waals surface area contributed by atoms with Crippen LogP contribution in [-0.4, -0.2) is 17.6 Å². The van der Waals surface area contributed by atoms with Gasteiger partial charge in [0.25, 0.3) is 5.91 Å². The lowest BCUT2D eigenvalue weighted by Crippen LogP contribution is -2.25. The third-order valence-electron chi connectivity index (χ3n) is 3.59. The Bertz CT molecular complexity index is 795. The Labute approximate surface area is 142 Å². The van der Waals surface area contributed by atoms with Crippen molar-refractivity contribution >= 4 is 32.8 Å². The lowest BCUT2D eigenvalue weighted by atomic mass is 10.1. The highest BCUT2D eigenvalue weighted by molar-refractivity contribution is 9.10. The molecule has 2 N–H and O–H groups in total. The van der Waals surface area contributed by atoms with Gasteiger partial charge in [0.2, 0.25) is 0 Å². The minimum absolute atomic E-state index is 0.172. The zero-order chi connectivity index (χ0) is 16.2. The van der Waals surface area contributed by atoms with Crippen LogP contribution in [0.1, 0.15) is 28.6 Å². The van der Waals surface area contributed by atoms with Crippen LogP contribution in [0.3, 0.4) is 0 Å². The number of carbonyl (C=O) groups is 1. The van der Waals surface area contributed by atoms with Crippen LogP contribution in [0.25, 0.3) is 11.0 Å². The highest BCUT2D eigenvalue weighted by Gasteiger charge is 2.14. The lowest BCUT2D eigenvalue weighted by molar-refractivity contribution is 0.0936. The Morgan fingerprint density at radius 2 is 1.91 bits per heavy atom. The van der Waals surface area contributed by atoms with Crippen LogP contribution < -0.4 is 5.32 Å². The zero-order valence-corrected chi connectivity index (χ0v) is 13.9. The molecular weight excluding hydrogens is 358 g/mol. The number of halogens is 1. The van der Waals surface area contributed by atoms with Crippen LogP contribution in [0.4, 0.5) is 0 Å². The van der Waals surface area contributed by atoms with E-state index in [1.54, 1.807) is 6.07 Å². The molecule has 1 heterocycles. The van der Waals surface area contributed by atoms with Crippen molar-refractivity contribution in [3.63, 3.8) is 0 Å². The van der Waals surface area contributed by atoms with Gasteiger partial charge < -0.3 is 14.8 Å². The summed E-state index contributed by atoms with van der Waals surface area (Å²) < 4.78 is 6.37. The summed E-state index contributed by atoms with van der Waals surface area (Å²) in [7, 11) is 0. The highest BCUT2D eigenvalue weighted by atomic mass is 79.9. The molecule has 0 saturated carbocycles. The lowest BCUT2D eigenvalue weighted by Gasteiger charge is -2.09. The topological polar surface area (TPSA) is 62.5 Å². The number of hydrogen-bond acceptors (Lipinski definition) is 3. The summed E-state index contributed by atoms with van der Waals surface area (Å²) in [4.78, 5) is 12.1. The molecule has 2 aromatic carbocycles. The first-order valence-electron chi connectivity index (χ1n) is 7.34. The van der Waals surface area contributed by atoms with Gasteiger partial charge in [-0.15, -0.1) is 0 Å². The van der Waals surface area contributed by atoms with Crippen molar-refractivity contribution in [2.75, 3.05) is 6.54 Å². The van der Waals surface area contributed by atoms with E-state index in [0.717, 1.165) is 15.4 Å². The predicted molar refractivity (Wildman–Crippen MR) is 92.3 cm³/mol. The molecule has 0 aliphatic carbocycles. The molecule has 1 aromatic heterocycles. The minimum Gasteiger partial charge on any atom is -0.458 e. The fraction of sp³-hybridized carbons (Fsp3) is 0.167. The number of aliphatic hydroxyl groups excluding tert-OH is 1. The molecule has 5 heteroatoms. The van der Waals surface area contributed by atoms with Crippen molar-refractivity contribution in [3.8, 4) is 0 Å².